The third-order valence-electron chi connectivity index (χ3n) is 3.42. The third kappa shape index (κ3) is 2.10. The van der Waals surface area contributed by atoms with Crippen LogP contribution in [0.3, 0.4) is 0 Å². The number of benzene rings is 2. The van der Waals surface area contributed by atoms with Gasteiger partial charge in [0, 0.05) is 15.9 Å². The molecule has 4 heteroatoms. The summed E-state index contributed by atoms with van der Waals surface area (Å²) in [7, 11) is 0. The van der Waals surface area contributed by atoms with Crippen LogP contribution in [0, 0.1) is 5.82 Å². The first-order valence-corrected chi connectivity index (χ1v) is 7.42. The molecule has 0 saturated carbocycles. The zero-order valence-corrected chi connectivity index (χ0v) is 12.3. The molecular formula is C15H11BrClFO. The van der Waals surface area contributed by atoms with Gasteiger partial charge in [-0.3, -0.25) is 0 Å². The van der Waals surface area contributed by atoms with E-state index in [0.29, 0.717) is 15.9 Å². The van der Waals surface area contributed by atoms with Crippen molar-refractivity contribution < 1.29 is 9.13 Å². The van der Waals surface area contributed by atoms with E-state index in [1.54, 1.807) is 12.1 Å². The van der Waals surface area contributed by atoms with Crippen LogP contribution in [-0.2, 0) is 10.3 Å². The zero-order valence-electron chi connectivity index (χ0n) is 9.95. The van der Waals surface area contributed by atoms with Crippen LogP contribution in [0.4, 0.5) is 4.39 Å². The smallest absolute Gasteiger partial charge is 0.134 e. The number of halogens is 3. The van der Waals surface area contributed by atoms with Crippen molar-refractivity contribution in [2.45, 2.75) is 11.7 Å². The molecule has 2 atom stereocenters. The first kappa shape index (κ1) is 13.1. The van der Waals surface area contributed by atoms with E-state index < -0.39 is 5.60 Å². The van der Waals surface area contributed by atoms with Gasteiger partial charge >= 0.3 is 0 Å². The first-order valence-electron chi connectivity index (χ1n) is 5.92. The lowest BCUT2D eigenvalue weighted by atomic mass is 9.93. The molecule has 2 aromatic rings. The van der Waals surface area contributed by atoms with Crippen LogP contribution < -0.4 is 0 Å². The normalized spacial score (nSPS) is 25.3. The van der Waals surface area contributed by atoms with Crippen LogP contribution in [0.15, 0.2) is 48.5 Å². The van der Waals surface area contributed by atoms with E-state index in [-0.39, 0.29) is 11.9 Å². The molecule has 0 aliphatic carbocycles. The summed E-state index contributed by atoms with van der Waals surface area (Å²) in [5.41, 5.74) is 0.941. The molecule has 0 spiro atoms. The molecule has 1 saturated heterocycles. The van der Waals surface area contributed by atoms with Crippen molar-refractivity contribution in [2.24, 2.45) is 0 Å². The zero-order chi connectivity index (χ0) is 13.5. The van der Waals surface area contributed by atoms with Gasteiger partial charge in [-0.2, -0.15) is 0 Å². The molecule has 0 bridgehead atoms. The van der Waals surface area contributed by atoms with Gasteiger partial charge in [0.05, 0.1) is 0 Å². The van der Waals surface area contributed by atoms with Crippen molar-refractivity contribution in [1.82, 2.24) is 0 Å². The SMILES string of the molecule is Fc1cccc(Cl)c1C1OC1(CBr)c1ccccc1. The van der Waals surface area contributed by atoms with Gasteiger partial charge in [-0.25, -0.2) is 4.39 Å². The molecule has 3 rings (SSSR count). The van der Waals surface area contributed by atoms with Crippen LogP contribution >= 0.6 is 27.5 Å². The maximum Gasteiger partial charge on any atom is 0.134 e. The van der Waals surface area contributed by atoms with Gasteiger partial charge in [0.15, 0.2) is 0 Å². The minimum absolute atomic E-state index is 0.323. The number of rotatable bonds is 3. The molecule has 0 amide bonds. The van der Waals surface area contributed by atoms with Crippen LogP contribution in [0.2, 0.25) is 5.02 Å². The van der Waals surface area contributed by atoms with Crippen LogP contribution in [-0.4, -0.2) is 5.33 Å². The van der Waals surface area contributed by atoms with Gasteiger partial charge in [-0.1, -0.05) is 63.9 Å². The molecular weight excluding hydrogens is 331 g/mol. The lowest BCUT2D eigenvalue weighted by Gasteiger charge is -2.11. The second-order valence-corrected chi connectivity index (χ2v) is 5.49. The maximum atomic E-state index is 14.0. The summed E-state index contributed by atoms with van der Waals surface area (Å²) >= 11 is 9.57. The predicted molar refractivity (Wildman–Crippen MR) is 77.2 cm³/mol. The maximum absolute atomic E-state index is 14.0. The highest BCUT2D eigenvalue weighted by Gasteiger charge is 2.59. The van der Waals surface area contributed by atoms with Crippen molar-refractivity contribution in [1.29, 1.82) is 0 Å². The van der Waals surface area contributed by atoms with Gasteiger partial charge in [0.25, 0.3) is 0 Å². The minimum Gasteiger partial charge on any atom is -0.355 e. The fourth-order valence-corrected chi connectivity index (χ4v) is 3.36. The Morgan fingerprint density at radius 1 is 1.16 bits per heavy atom. The number of epoxide rings is 1. The Bertz CT molecular complexity index is 584. The van der Waals surface area contributed by atoms with Crippen molar-refractivity contribution in [3.63, 3.8) is 0 Å². The fraction of sp³-hybridized carbons (Fsp3) is 0.200. The Balaban J connectivity index is 2.02. The Morgan fingerprint density at radius 2 is 1.89 bits per heavy atom. The van der Waals surface area contributed by atoms with E-state index in [4.69, 9.17) is 16.3 Å². The van der Waals surface area contributed by atoms with E-state index in [1.807, 2.05) is 30.3 Å². The summed E-state index contributed by atoms with van der Waals surface area (Å²) in [4.78, 5) is 0. The summed E-state index contributed by atoms with van der Waals surface area (Å²) in [5, 5.41) is 1.00. The van der Waals surface area contributed by atoms with Crippen molar-refractivity contribution in [2.75, 3.05) is 5.33 Å². The van der Waals surface area contributed by atoms with E-state index >= 15 is 0 Å². The highest BCUT2D eigenvalue weighted by Crippen LogP contribution is 2.59. The van der Waals surface area contributed by atoms with Crippen LogP contribution in [0.5, 0.6) is 0 Å². The number of hydrogen-bond acceptors (Lipinski definition) is 1. The van der Waals surface area contributed by atoms with Crippen molar-refractivity contribution in [3.05, 3.63) is 70.5 Å². The molecule has 1 heterocycles. The van der Waals surface area contributed by atoms with Crippen LogP contribution in [0.1, 0.15) is 17.2 Å². The topological polar surface area (TPSA) is 12.5 Å². The summed E-state index contributed by atoms with van der Waals surface area (Å²) in [6.45, 7) is 0. The summed E-state index contributed by atoms with van der Waals surface area (Å²) in [6, 6.07) is 14.5. The third-order valence-corrected chi connectivity index (χ3v) is 4.58. The standard InChI is InChI=1S/C15H11BrClFO/c16-9-15(10-5-2-1-3-6-10)14(19-15)13-11(17)7-4-8-12(13)18/h1-8,14H,9H2. The average Bonchev–Trinajstić information content (AvgIpc) is 3.15. The lowest BCUT2D eigenvalue weighted by molar-refractivity contribution is 0.317. The summed E-state index contributed by atoms with van der Waals surface area (Å²) in [6.07, 6.45) is -0.344. The van der Waals surface area contributed by atoms with E-state index in [9.17, 15) is 4.39 Å². The van der Waals surface area contributed by atoms with E-state index in [0.717, 1.165) is 5.56 Å². The van der Waals surface area contributed by atoms with Gasteiger partial charge < -0.3 is 4.74 Å². The molecule has 98 valence electrons. The first-order chi connectivity index (χ1) is 9.19. The summed E-state index contributed by atoms with van der Waals surface area (Å²) < 4.78 is 19.8. The van der Waals surface area contributed by atoms with Gasteiger partial charge in [0.2, 0.25) is 0 Å². The minimum atomic E-state index is -0.521. The Morgan fingerprint density at radius 3 is 2.53 bits per heavy atom. The van der Waals surface area contributed by atoms with Gasteiger partial charge in [0.1, 0.15) is 17.5 Å². The largest absolute Gasteiger partial charge is 0.355 e. The average molecular weight is 342 g/mol. The van der Waals surface area contributed by atoms with E-state index in [2.05, 4.69) is 15.9 Å². The van der Waals surface area contributed by atoms with Gasteiger partial charge in [-0.15, -0.1) is 0 Å². The molecule has 2 unspecified atom stereocenters. The second kappa shape index (κ2) is 4.89. The van der Waals surface area contributed by atoms with Crippen LogP contribution in [0.25, 0.3) is 0 Å². The highest BCUT2D eigenvalue weighted by molar-refractivity contribution is 9.09. The van der Waals surface area contributed by atoms with Crippen molar-refractivity contribution >= 4 is 27.5 Å². The second-order valence-electron chi connectivity index (χ2n) is 4.52. The molecule has 1 aliphatic heterocycles. The monoisotopic (exact) mass is 340 g/mol. The quantitative estimate of drug-likeness (QED) is 0.575. The molecule has 1 aliphatic rings. The molecule has 1 fully saturated rings. The lowest BCUT2D eigenvalue weighted by Crippen LogP contribution is -2.12. The Labute approximate surface area is 124 Å². The highest BCUT2D eigenvalue weighted by atomic mass is 79.9. The molecule has 19 heavy (non-hydrogen) atoms. The fourth-order valence-electron chi connectivity index (χ4n) is 2.35. The molecule has 0 N–H and O–H groups in total. The molecule has 1 nitrogen and oxygen atoms in total. The number of ether oxygens (including phenoxy) is 1. The molecule has 0 radical (unpaired) electrons. The summed E-state index contributed by atoms with van der Waals surface area (Å²) in [5.74, 6) is -0.323. The Hall–Kier alpha value is -0.900. The van der Waals surface area contributed by atoms with Gasteiger partial charge in [-0.05, 0) is 17.7 Å². The predicted octanol–water partition coefficient (Wildman–Crippen LogP) is 4.84. The number of hydrogen-bond donors (Lipinski definition) is 0. The molecule has 2 aromatic carbocycles. The Kier molecular flexibility index (Phi) is 3.37. The van der Waals surface area contributed by atoms with E-state index in [1.165, 1.54) is 6.07 Å². The van der Waals surface area contributed by atoms with Crippen molar-refractivity contribution in [3.8, 4) is 0 Å². The number of alkyl halides is 1. The molecule has 0 aromatic heterocycles.